The topological polar surface area (TPSA) is 104 Å². The SMILES string of the molecule is CNCCC(=O)N1CCc2ccc(-c3noc(-c4ccc(OC(C)C)c(C#N)c4)n3)cc2CC1. The first-order chi connectivity index (χ1) is 16.5. The summed E-state index contributed by atoms with van der Waals surface area (Å²) in [5.74, 6) is 1.56. The Morgan fingerprint density at radius 2 is 1.94 bits per heavy atom. The molecule has 1 aliphatic rings. The van der Waals surface area contributed by atoms with Gasteiger partial charge in [-0.25, -0.2) is 0 Å². The van der Waals surface area contributed by atoms with Gasteiger partial charge in [0.25, 0.3) is 5.89 Å². The first kappa shape index (κ1) is 23.5. The maximum Gasteiger partial charge on any atom is 0.258 e. The molecule has 8 nitrogen and oxygen atoms in total. The number of fused-ring (bicyclic) bond motifs is 1. The molecule has 2 heterocycles. The molecule has 1 amide bonds. The standard InChI is InChI=1S/C26H29N5O3/c1-17(2)33-23-7-6-21(15-22(23)16-27)26-29-25(30-34-26)20-5-4-18-9-12-31(13-10-19(18)14-20)24(32)8-11-28-3/h4-7,14-15,17,28H,8-13H2,1-3H3. The lowest BCUT2D eigenvalue weighted by Crippen LogP contribution is -2.34. The van der Waals surface area contributed by atoms with Gasteiger partial charge in [-0.3, -0.25) is 4.79 Å². The molecule has 0 fully saturated rings. The third kappa shape index (κ3) is 5.26. The van der Waals surface area contributed by atoms with Crippen LogP contribution in [0, 0.1) is 11.3 Å². The molecule has 0 bridgehead atoms. The number of nitriles is 1. The number of aromatic nitrogens is 2. The van der Waals surface area contributed by atoms with E-state index in [2.05, 4.69) is 33.7 Å². The summed E-state index contributed by atoms with van der Waals surface area (Å²) < 4.78 is 11.2. The van der Waals surface area contributed by atoms with Crippen molar-refractivity contribution >= 4 is 5.91 Å². The second kappa shape index (κ2) is 10.5. The first-order valence-electron chi connectivity index (χ1n) is 11.6. The quantitative estimate of drug-likeness (QED) is 0.576. The summed E-state index contributed by atoms with van der Waals surface area (Å²) in [6.45, 7) is 5.96. The fourth-order valence-corrected chi connectivity index (χ4v) is 4.07. The highest BCUT2D eigenvalue weighted by molar-refractivity contribution is 5.76. The minimum atomic E-state index is -0.0280. The molecule has 0 saturated carbocycles. The largest absolute Gasteiger partial charge is 0.490 e. The number of ether oxygens (including phenoxy) is 1. The molecule has 0 unspecified atom stereocenters. The monoisotopic (exact) mass is 459 g/mol. The Balaban J connectivity index is 1.52. The summed E-state index contributed by atoms with van der Waals surface area (Å²) in [7, 11) is 1.86. The van der Waals surface area contributed by atoms with Gasteiger partial charge >= 0.3 is 0 Å². The Hall–Kier alpha value is -3.70. The van der Waals surface area contributed by atoms with E-state index >= 15 is 0 Å². The molecule has 0 spiro atoms. The third-order valence-electron chi connectivity index (χ3n) is 5.84. The van der Waals surface area contributed by atoms with Gasteiger partial charge in [-0.15, -0.1) is 0 Å². The van der Waals surface area contributed by atoms with Gasteiger partial charge in [0.15, 0.2) is 0 Å². The predicted molar refractivity (Wildman–Crippen MR) is 128 cm³/mol. The molecule has 0 saturated heterocycles. The van der Waals surface area contributed by atoms with Crippen molar-refractivity contribution < 1.29 is 14.1 Å². The number of carbonyl (C=O) groups excluding carboxylic acids is 1. The van der Waals surface area contributed by atoms with Gasteiger partial charge < -0.3 is 19.5 Å². The maximum atomic E-state index is 12.4. The number of nitrogens with one attached hydrogen (secondary N) is 1. The molecular formula is C26H29N5O3. The van der Waals surface area contributed by atoms with Crippen LogP contribution in [0.1, 0.15) is 37.0 Å². The van der Waals surface area contributed by atoms with Crippen LogP contribution in [-0.4, -0.2) is 53.7 Å². The second-order valence-corrected chi connectivity index (χ2v) is 8.63. The predicted octanol–water partition coefficient (Wildman–Crippen LogP) is 3.60. The van der Waals surface area contributed by atoms with Crippen LogP contribution in [0.15, 0.2) is 40.9 Å². The lowest BCUT2D eigenvalue weighted by molar-refractivity contribution is -0.130. The summed E-state index contributed by atoms with van der Waals surface area (Å²) in [4.78, 5) is 18.9. The van der Waals surface area contributed by atoms with E-state index < -0.39 is 0 Å². The number of hydrogen-bond acceptors (Lipinski definition) is 7. The van der Waals surface area contributed by atoms with Crippen molar-refractivity contribution in [1.82, 2.24) is 20.4 Å². The van der Waals surface area contributed by atoms with Crippen molar-refractivity contribution in [2.75, 3.05) is 26.7 Å². The minimum Gasteiger partial charge on any atom is -0.490 e. The van der Waals surface area contributed by atoms with Crippen molar-refractivity contribution in [2.45, 2.75) is 39.2 Å². The summed E-state index contributed by atoms with van der Waals surface area (Å²) in [5, 5.41) is 16.7. The lowest BCUT2D eigenvalue weighted by Gasteiger charge is -2.20. The number of nitrogens with zero attached hydrogens (tertiary/aromatic N) is 4. The Labute approximate surface area is 199 Å². The third-order valence-corrected chi connectivity index (χ3v) is 5.84. The Kier molecular flexibility index (Phi) is 7.24. The highest BCUT2D eigenvalue weighted by Gasteiger charge is 2.20. The van der Waals surface area contributed by atoms with Crippen LogP contribution in [0.5, 0.6) is 5.75 Å². The molecular weight excluding hydrogens is 430 g/mol. The maximum absolute atomic E-state index is 12.4. The summed E-state index contributed by atoms with van der Waals surface area (Å²) >= 11 is 0. The molecule has 1 N–H and O–H groups in total. The highest BCUT2D eigenvalue weighted by atomic mass is 16.5. The molecule has 3 aromatic rings. The lowest BCUT2D eigenvalue weighted by atomic mass is 10.00. The van der Waals surface area contributed by atoms with Crippen molar-refractivity contribution in [3.05, 3.63) is 53.1 Å². The van der Waals surface area contributed by atoms with E-state index in [1.807, 2.05) is 37.9 Å². The number of rotatable bonds is 7. The summed E-state index contributed by atoms with van der Waals surface area (Å²) in [6, 6.07) is 13.6. The Bertz CT molecular complexity index is 1210. The fourth-order valence-electron chi connectivity index (χ4n) is 4.07. The molecule has 176 valence electrons. The van der Waals surface area contributed by atoms with Crippen molar-refractivity contribution in [3.63, 3.8) is 0 Å². The zero-order valence-corrected chi connectivity index (χ0v) is 19.8. The van der Waals surface area contributed by atoms with Gasteiger partial charge in [-0.2, -0.15) is 10.2 Å². The summed E-state index contributed by atoms with van der Waals surface area (Å²) in [5.41, 5.74) is 4.40. The first-order valence-corrected chi connectivity index (χ1v) is 11.6. The molecule has 4 rings (SSSR count). The Morgan fingerprint density at radius 1 is 1.18 bits per heavy atom. The van der Waals surface area contributed by atoms with Gasteiger partial charge in [-0.1, -0.05) is 17.3 Å². The molecule has 0 aliphatic carbocycles. The average molecular weight is 460 g/mol. The van der Waals surface area contributed by atoms with Crippen LogP contribution in [0.2, 0.25) is 0 Å². The van der Waals surface area contributed by atoms with Crippen molar-refractivity contribution in [3.8, 4) is 34.7 Å². The number of carbonyl (C=O) groups is 1. The molecule has 1 aromatic heterocycles. The zero-order chi connectivity index (χ0) is 24.1. The summed E-state index contributed by atoms with van der Waals surface area (Å²) in [6.07, 6.45) is 2.11. The minimum absolute atomic E-state index is 0.0280. The van der Waals surface area contributed by atoms with Crippen LogP contribution in [0.25, 0.3) is 22.8 Å². The molecule has 0 atom stereocenters. The Morgan fingerprint density at radius 3 is 2.68 bits per heavy atom. The normalized spacial score (nSPS) is 13.3. The van der Waals surface area contributed by atoms with Gasteiger partial charge in [0, 0.05) is 37.2 Å². The van der Waals surface area contributed by atoms with E-state index in [9.17, 15) is 10.1 Å². The highest BCUT2D eigenvalue weighted by Crippen LogP contribution is 2.29. The number of benzene rings is 2. The average Bonchev–Trinajstić information content (AvgIpc) is 3.23. The second-order valence-electron chi connectivity index (χ2n) is 8.63. The van der Waals surface area contributed by atoms with Crippen LogP contribution in [-0.2, 0) is 17.6 Å². The van der Waals surface area contributed by atoms with E-state index in [0.29, 0.717) is 48.1 Å². The smallest absolute Gasteiger partial charge is 0.258 e. The molecule has 8 heteroatoms. The van der Waals surface area contributed by atoms with E-state index in [4.69, 9.17) is 9.26 Å². The number of amides is 1. The van der Waals surface area contributed by atoms with Gasteiger partial charge in [0.05, 0.1) is 11.7 Å². The van der Waals surface area contributed by atoms with Crippen LogP contribution in [0.3, 0.4) is 0 Å². The van der Waals surface area contributed by atoms with E-state index in [1.54, 1.807) is 12.1 Å². The van der Waals surface area contributed by atoms with Gasteiger partial charge in [0.2, 0.25) is 11.7 Å². The molecule has 34 heavy (non-hydrogen) atoms. The van der Waals surface area contributed by atoms with Gasteiger partial charge in [-0.05, 0) is 69.1 Å². The van der Waals surface area contributed by atoms with Crippen LogP contribution in [0.4, 0.5) is 0 Å². The molecule has 2 aromatic carbocycles. The van der Waals surface area contributed by atoms with Crippen LogP contribution < -0.4 is 10.1 Å². The van der Waals surface area contributed by atoms with Crippen molar-refractivity contribution in [2.24, 2.45) is 0 Å². The number of hydrogen-bond donors (Lipinski definition) is 1. The molecule has 0 radical (unpaired) electrons. The fraction of sp³-hybridized carbons (Fsp3) is 0.385. The van der Waals surface area contributed by atoms with E-state index in [0.717, 1.165) is 24.9 Å². The van der Waals surface area contributed by atoms with Crippen LogP contribution >= 0.6 is 0 Å². The van der Waals surface area contributed by atoms with Gasteiger partial charge in [0.1, 0.15) is 11.8 Å². The molecule has 1 aliphatic heterocycles. The zero-order valence-electron chi connectivity index (χ0n) is 19.8. The van der Waals surface area contributed by atoms with Crippen molar-refractivity contribution in [1.29, 1.82) is 5.26 Å². The van der Waals surface area contributed by atoms with E-state index in [-0.39, 0.29) is 12.0 Å². The van der Waals surface area contributed by atoms with E-state index in [1.165, 1.54) is 11.1 Å².